The van der Waals surface area contributed by atoms with Gasteiger partial charge >= 0.3 is 0 Å². The third-order valence-corrected chi connectivity index (χ3v) is 4.38. The standard InChI is InChI=1S/C20H19NO3/c22-19-8-18(10-21-11-19)16-2-1-15-3-4-20(9-17(15)7-16)24-13-14-5-6-23-12-14/h1-4,7-11,14,22H,5-6,12-13H2. The highest BCUT2D eigenvalue weighted by Gasteiger charge is 2.16. The van der Waals surface area contributed by atoms with E-state index in [0.717, 1.165) is 47.3 Å². The number of pyridine rings is 1. The van der Waals surface area contributed by atoms with E-state index in [0.29, 0.717) is 12.5 Å². The Bertz CT molecular complexity index is 856. The Morgan fingerprint density at radius 1 is 1.04 bits per heavy atom. The van der Waals surface area contributed by atoms with E-state index in [-0.39, 0.29) is 5.75 Å². The van der Waals surface area contributed by atoms with Crippen molar-refractivity contribution in [3.05, 3.63) is 54.9 Å². The van der Waals surface area contributed by atoms with Crippen LogP contribution in [0.25, 0.3) is 21.9 Å². The van der Waals surface area contributed by atoms with Gasteiger partial charge in [-0.2, -0.15) is 0 Å². The Morgan fingerprint density at radius 2 is 1.96 bits per heavy atom. The summed E-state index contributed by atoms with van der Waals surface area (Å²) in [5, 5.41) is 11.9. The first-order valence-corrected chi connectivity index (χ1v) is 8.17. The van der Waals surface area contributed by atoms with Crippen molar-refractivity contribution in [2.75, 3.05) is 19.8 Å². The third kappa shape index (κ3) is 3.19. The highest BCUT2D eigenvalue weighted by molar-refractivity contribution is 5.88. The fourth-order valence-corrected chi connectivity index (χ4v) is 3.01. The van der Waals surface area contributed by atoms with E-state index in [1.54, 1.807) is 12.3 Å². The van der Waals surface area contributed by atoms with E-state index in [4.69, 9.17) is 9.47 Å². The molecule has 0 amide bonds. The lowest BCUT2D eigenvalue weighted by molar-refractivity contribution is 0.167. The van der Waals surface area contributed by atoms with Gasteiger partial charge in [-0.05, 0) is 47.0 Å². The summed E-state index contributed by atoms with van der Waals surface area (Å²) in [5.74, 6) is 1.54. The van der Waals surface area contributed by atoms with Crippen molar-refractivity contribution >= 4 is 10.8 Å². The summed E-state index contributed by atoms with van der Waals surface area (Å²) in [5.41, 5.74) is 1.92. The van der Waals surface area contributed by atoms with Crippen LogP contribution >= 0.6 is 0 Å². The number of nitrogens with zero attached hydrogens (tertiary/aromatic N) is 1. The van der Waals surface area contributed by atoms with Crippen molar-refractivity contribution in [3.8, 4) is 22.6 Å². The number of aromatic nitrogens is 1. The molecule has 0 saturated carbocycles. The number of aromatic hydroxyl groups is 1. The minimum atomic E-state index is 0.170. The van der Waals surface area contributed by atoms with Crippen LogP contribution < -0.4 is 4.74 Å². The summed E-state index contributed by atoms with van der Waals surface area (Å²) in [6.45, 7) is 2.33. The molecule has 3 aromatic rings. The number of fused-ring (bicyclic) bond motifs is 1. The molecule has 1 aromatic heterocycles. The van der Waals surface area contributed by atoms with Crippen LogP contribution in [0.4, 0.5) is 0 Å². The lowest BCUT2D eigenvalue weighted by Crippen LogP contribution is -2.11. The van der Waals surface area contributed by atoms with Crippen LogP contribution in [-0.4, -0.2) is 29.9 Å². The van der Waals surface area contributed by atoms with Crippen molar-refractivity contribution in [1.29, 1.82) is 0 Å². The Morgan fingerprint density at radius 3 is 2.79 bits per heavy atom. The second-order valence-electron chi connectivity index (χ2n) is 6.20. The van der Waals surface area contributed by atoms with Crippen molar-refractivity contribution in [2.45, 2.75) is 6.42 Å². The zero-order valence-corrected chi connectivity index (χ0v) is 13.3. The van der Waals surface area contributed by atoms with Gasteiger partial charge in [0.15, 0.2) is 0 Å². The SMILES string of the molecule is Oc1cncc(-c2ccc3ccc(OCC4CCOC4)cc3c2)c1. The lowest BCUT2D eigenvalue weighted by atomic mass is 10.0. The smallest absolute Gasteiger partial charge is 0.134 e. The van der Waals surface area contributed by atoms with Crippen LogP contribution in [0.2, 0.25) is 0 Å². The van der Waals surface area contributed by atoms with E-state index in [9.17, 15) is 5.11 Å². The minimum Gasteiger partial charge on any atom is -0.506 e. The molecule has 1 atom stereocenters. The quantitative estimate of drug-likeness (QED) is 0.788. The maximum absolute atomic E-state index is 9.61. The minimum absolute atomic E-state index is 0.170. The third-order valence-electron chi connectivity index (χ3n) is 4.38. The molecule has 1 aliphatic heterocycles. The molecule has 1 N–H and O–H groups in total. The Kier molecular flexibility index (Phi) is 4.05. The molecule has 24 heavy (non-hydrogen) atoms. The van der Waals surface area contributed by atoms with Gasteiger partial charge in [-0.3, -0.25) is 4.98 Å². The van der Waals surface area contributed by atoms with Gasteiger partial charge in [0.25, 0.3) is 0 Å². The lowest BCUT2D eigenvalue weighted by Gasteiger charge is -2.11. The van der Waals surface area contributed by atoms with Gasteiger partial charge in [0, 0.05) is 24.3 Å². The summed E-state index contributed by atoms with van der Waals surface area (Å²) < 4.78 is 11.3. The summed E-state index contributed by atoms with van der Waals surface area (Å²) in [6.07, 6.45) is 4.26. The van der Waals surface area contributed by atoms with Crippen LogP contribution in [0.15, 0.2) is 54.9 Å². The maximum atomic E-state index is 9.61. The molecule has 0 radical (unpaired) electrons. The van der Waals surface area contributed by atoms with Gasteiger partial charge in [-0.25, -0.2) is 0 Å². The van der Waals surface area contributed by atoms with Gasteiger partial charge < -0.3 is 14.6 Å². The molecule has 1 aliphatic rings. The van der Waals surface area contributed by atoms with Crippen molar-refractivity contribution in [1.82, 2.24) is 4.98 Å². The molecule has 4 nitrogen and oxygen atoms in total. The van der Waals surface area contributed by atoms with E-state index in [2.05, 4.69) is 29.2 Å². The van der Waals surface area contributed by atoms with E-state index in [1.165, 1.54) is 6.20 Å². The first kappa shape index (κ1) is 15.0. The molecule has 0 spiro atoms. The van der Waals surface area contributed by atoms with Crippen LogP contribution in [0.5, 0.6) is 11.5 Å². The molecule has 2 aromatic carbocycles. The van der Waals surface area contributed by atoms with Crippen molar-refractivity contribution in [2.24, 2.45) is 5.92 Å². The van der Waals surface area contributed by atoms with Gasteiger partial charge in [0.2, 0.25) is 0 Å². The molecule has 0 bridgehead atoms. The molecule has 2 heterocycles. The van der Waals surface area contributed by atoms with Gasteiger partial charge in [-0.15, -0.1) is 0 Å². The molecule has 1 saturated heterocycles. The second-order valence-corrected chi connectivity index (χ2v) is 6.20. The van der Waals surface area contributed by atoms with Crippen LogP contribution in [0.1, 0.15) is 6.42 Å². The fourth-order valence-electron chi connectivity index (χ4n) is 3.01. The predicted molar refractivity (Wildman–Crippen MR) is 93.3 cm³/mol. The summed E-state index contributed by atoms with van der Waals surface area (Å²) in [4.78, 5) is 4.05. The summed E-state index contributed by atoms with van der Waals surface area (Å²) in [7, 11) is 0. The average Bonchev–Trinajstić information content (AvgIpc) is 3.13. The number of benzene rings is 2. The number of ether oxygens (including phenoxy) is 2. The molecule has 1 unspecified atom stereocenters. The number of rotatable bonds is 4. The molecule has 4 heteroatoms. The largest absolute Gasteiger partial charge is 0.506 e. The average molecular weight is 321 g/mol. The molecule has 4 rings (SSSR count). The molecule has 122 valence electrons. The topological polar surface area (TPSA) is 51.6 Å². The Hall–Kier alpha value is -2.59. The van der Waals surface area contributed by atoms with Gasteiger partial charge in [0.1, 0.15) is 11.5 Å². The zero-order valence-electron chi connectivity index (χ0n) is 13.3. The Balaban J connectivity index is 1.60. The Labute approximate surface area is 140 Å². The molecule has 0 aliphatic carbocycles. The summed E-state index contributed by atoms with van der Waals surface area (Å²) in [6, 6.07) is 14.1. The van der Waals surface area contributed by atoms with E-state index < -0.39 is 0 Å². The van der Waals surface area contributed by atoms with Crippen LogP contribution in [0, 0.1) is 5.92 Å². The molecular weight excluding hydrogens is 302 g/mol. The highest BCUT2D eigenvalue weighted by atomic mass is 16.5. The van der Waals surface area contributed by atoms with E-state index >= 15 is 0 Å². The fraction of sp³-hybridized carbons (Fsp3) is 0.250. The molecular formula is C20H19NO3. The predicted octanol–water partition coefficient (Wildman–Crippen LogP) is 4.02. The highest BCUT2D eigenvalue weighted by Crippen LogP contribution is 2.28. The van der Waals surface area contributed by atoms with E-state index in [1.807, 2.05) is 12.1 Å². The first-order chi connectivity index (χ1) is 11.8. The number of hydrogen-bond donors (Lipinski definition) is 1. The van der Waals surface area contributed by atoms with Gasteiger partial charge in [-0.1, -0.05) is 18.2 Å². The zero-order chi connectivity index (χ0) is 16.4. The second kappa shape index (κ2) is 6.49. The number of hydrogen-bond acceptors (Lipinski definition) is 4. The normalized spacial score (nSPS) is 17.2. The van der Waals surface area contributed by atoms with Crippen molar-refractivity contribution < 1.29 is 14.6 Å². The van der Waals surface area contributed by atoms with Crippen molar-refractivity contribution in [3.63, 3.8) is 0 Å². The van der Waals surface area contributed by atoms with Crippen LogP contribution in [-0.2, 0) is 4.74 Å². The first-order valence-electron chi connectivity index (χ1n) is 8.17. The van der Waals surface area contributed by atoms with Crippen LogP contribution in [0.3, 0.4) is 0 Å². The summed E-state index contributed by atoms with van der Waals surface area (Å²) >= 11 is 0. The maximum Gasteiger partial charge on any atom is 0.134 e. The van der Waals surface area contributed by atoms with Gasteiger partial charge in [0.05, 0.1) is 19.4 Å². The molecule has 1 fully saturated rings. The monoisotopic (exact) mass is 321 g/mol.